The third-order valence-corrected chi connectivity index (χ3v) is 4.83. The highest BCUT2D eigenvalue weighted by atomic mass is 35.5. The molecule has 5 nitrogen and oxygen atoms in total. The number of nitrogens with one attached hydrogen (secondary N) is 2. The quantitative estimate of drug-likeness (QED) is 0.909. The summed E-state index contributed by atoms with van der Waals surface area (Å²) in [6.45, 7) is 1.89. The Kier molecular flexibility index (Phi) is 4.03. The van der Waals surface area contributed by atoms with Crippen LogP contribution in [0.4, 0.5) is 5.82 Å². The summed E-state index contributed by atoms with van der Waals surface area (Å²) in [7, 11) is -3.86. The zero-order valence-electron chi connectivity index (χ0n) is 9.94. The van der Waals surface area contributed by atoms with Crippen LogP contribution in [-0.2, 0) is 16.4 Å². The van der Waals surface area contributed by atoms with E-state index >= 15 is 0 Å². The third kappa shape index (κ3) is 2.86. The summed E-state index contributed by atoms with van der Waals surface area (Å²) in [5.41, 5.74) is 0.756. The maximum Gasteiger partial charge on any atom is 0.266 e. The van der Waals surface area contributed by atoms with E-state index in [9.17, 15) is 8.42 Å². The summed E-state index contributed by atoms with van der Waals surface area (Å²) in [6.07, 6.45) is 2.21. The molecule has 2 N–H and O–H groups in total. The minimum atomic E-state index is -3.86. The van der Waals surface area contributed by atoms with Crippen molar-refractivity contribution in [1.29, 1.82) is 0 Å². The standard InChI is InChI=1S/C11H11Cl2N3O2S/c1-2-7-6-14-15-11(7)16-19(17,18)10-8(12)4-3-5-9(10)13/h3-6H,2H2,1H3,(H2,14,15,16). The molecule has 0 saturated carbocycles. The molecule has 0 atom stereocenters. The van der Waals surface area contributed by atoms with E-state index in [1.54, 1.807) is 12.3 Å². The lowest BCUT2D eigenvalue weighted by Gasteiger charge is -2.10. The predicted octanol–water partition coefficient (Wildman–Crippen LogP) is 3.08. The van der Waals surface area contributed by atoms with Gasteiger partial charge in [0, 0.05) is 5.56 Å². The highest BCUT2D eigenvalue weighted by molar-refractivity contribution is 7.93. The molecule has 0 amide bonds. The van der Waals surface area contributed by atoms with Gasteiger partial charge < -0.3 is 0 Å². The van der Waals surface area contributed by atoms with Crippen LogP contribution in [0.2, 0.25) is 10.0 Å². The number of hydrogen-bond acceptors (Lipinski definition) is 3. The Bertz CT molecular complexity index is 677. The second-order valence-corrected chi connectivity index (χ2v) is 6.21. The zero-order chi connectivity index (χ0) is 14.0. The van der Waals surface area contributed by atoms with Gasteiger partial charge in [0.05, 0.1) is 16.2 Å². The van der Waals surface area contributed by atoms with E-state index in [-0.39, 0.29) is 14.9 Å². The van der Waals surface area contributed by atoms with Crippen LogP contribution in [0.25, 0.3) is 0 Å². The van der Waals surface area contributed by atoms with E-state index in [0.29, 0.717) is 12.2 Å². The molecule has 8 heteroatoms. The van der Waals surface area contributed by atoms with Crippen LogP contribution in [0.3, 0.4) is 0 Å². The number of aromatic amines is 1. The molecule has 1 aromatic carbocycles. The Morgan fingerprint density at radius 1 is 1.32 bits per heavy atom. The second-order valence-electron chi connectivity index (χ2n) is 3.78. The fourth-order valence-electron chi connectivity index (χ4n) is 1.59. The van der Waals surface area contributed by atoms with E-state index in [4.69, 9.17) is 23.2 Å². The molecule has 0 aliphatic heterocycles. The molecule has 0 aliphatic rings. The summed E-state index contributed by atoms with van der Waals surface area (Å²) in [4.78, 5) is -0.144. The number of benzene rings is 1. The van der Waals surface area contributed by atoms with Crippen molar-refractivity contribution >= 4 is 39.0 Å². The summed E-state index contributed by atoms with van der Waals surface area (Å²) < 4.78 is 27.0. The summed E-state index contributed by atoms with van der Waals surface area (Å²) >= 11 is 11.8. The monoisotopic (exact) mass is 319 g/mol. The van der Waals surface area contributed by atoms with Crippen LogP contribution in [0.1, 0.15) is 12.5 Å². The van der Waals surface area contributed by atoms with E-state index in [0.717, 1.165) is 5.56 Å². The lowest BCUT2D eigenvalue weighted by atomic mass is 10.3. The zero-order valence-corrected chi connectivity index (χ0v) is 12.3. The number of aromatic nitrogens is 2. The average molecular weight is 320 g/mol. The topological polar surface area (TPSA) is 74.8 Å². The molecule has 0 aliphatic carbocycles. The Labute approximate surface area is 121 Å². The fourth-order valence-corrected chi connectivity index (χ4v) is 3.80. The van der Waals surface area contributed by atoms with Gasteiger partial charge in [0.25, 0.3) is 10.0 Å². The molecular formula is C11H11Cl2N3O2S. The van der Waals surface area contributed by atoms with Crippen LogP contribution >= 0.6 is 23.2 Å². The molecule has 1 aromatic heterocycles. The Morgan fingerprint density at radius 3 is 2.53 bits per heavy atom. The van der Waals surface area contributed by atoms with Crippen molar-refractivity contribution in [3.8, 4) is 0 Å². The van der Waals surface area contributed by atoms with Crippen LogP contribution < -0.4 is 4.72 Å². The molecule has 0 spiro atoms. The molecule has 102 valence electrons. The maximum absolute atomic E-state index is 12.3. The number of aryl methyl sites for hydroxylation is 1. The molecule has 0 saturated heterocycles. The molecular weight excluding hydrogens is 309 g/mol. The second kappa shape index (κ2) is 5.40. The van der Waals surface area contributed by atoms with Crippen molar-refractivity contribution in [1.82, 2.24) is 10.2 Å². The minimum absolute atomic E-state index is 0.0672. The average Bonchev–Trinajstić information content (AvgIpc) is 2.74. The summed E-state index contributed by atoms with van der Waals surface area (Å²) in [5.74, 6) is 0.318. The Balaban J connectivity index is 2.44. The van der Waals surface area contributed by atoms with Crippen LogP contribution in [0.15, 0.2) is 29.3 Å². The molecule has 0 unspecified atom stereocenters. The number of nitrogens with zero attached hydrogens (tertiary/aromatic N) is 1. The van der Waals surface area contributed by atoms with Gasteiger partial charge in [-0.2, -0.15) is 5.10 Å². The maximum atomic E-state index is 12.3. The highest BCUT2D eigenvalue weighted by Crippen LogP contribution is 2.30. The van der Waals surface area contributed by atoms with Gasteiger partial charge in [0.15, 0.2) is 0 Å². The van der Waals surface area contributed by atoms with Crippen LogP contribution in [-0.4, -0.2) is 18.6 Å². The molecule has 0 radical (unpaired) electrons. The number of hydrogen-bond donors (Lipinski definition) is 2. The van der Waals surface area contributed by atoms with Crippen molar-refractivity contribution in [2.75, 3.05) is 4.72 Å². The highest BCUT2D eigenvalue weighted by Gasteiger charge is 2.23. The van der Waals surface area contributed by atoms with Crippen molar-refractivity contribution in [2.24, 2.45) is 0 Å². The third-order valence-electron chi connectivity index (χ3n) is 2.52. The number of sulfonamides is 1. The number of halogens is 2. The van der Waals surface area contributed by atoms with E-state index in [1.807, 2.05) is 6.92 Å². The van der Waals surface area contributed by atoms with Crippen LogP contribution in [0, 0.1) is 0 Å². The minimum Gasteiger partial charge on any atom is -0.263 e. The largest absolute Gasteiger partial charge is 0.266 e. The van der Waals surface area contributed by atoms with Gasteiger partial charge in [-0.3, -0.25) is 9.82 Å². The first-order valence-electron chi connectivity index (χ1n) is 5.44. The Hall–Kier alpha value is -1.24. The molecule has 2 aromatic rings. The SMILES string of the molecule is CCc1cn[nH]c1NS(=O)(=O)c1c(Cl)cccc1Cl. The molecule has 1 heterocycles. The molecule has 19 heavy (non-hydrogen) atoms. The van der Waals surface area contributed by atoms with Gasteiger partial charge in [-0.05, 0) is 18.6 Å². The van der Waals surface area contributed by atoms with Crippen LogP contribution in [0.5, 0.6) is 0 Å². The fraction of sp³-hybridized carbons (Fsp3) is 0.182. The van der Waals surface area contributed by atoms with Gasteiger partial charge in [-0.25, -0.2) is 8.42 Å². The summed E-state index contributed by atoms with van der Waals surface area (Å²) in [6, 6.07) is 4.52. The Morgan fingerprint density at radius 2 is 1.95 bits per heavy atom. The normalized spacial score (nSPS) is 11.5. The predicted molar refractivity (Wildman–Crippen MR) is 75.2 cm³/mol. The molecule has 2 rings (SSSR count). The number of rotatable bonds is 4. The van der Waals surface area contributed by atoms with Crippen molar-refractivity contribution in [2.45, 2.75) is 18.2 Å². The van der Waals surface area contributed by atoms with Crippen molar-refractivity contribution in [3.63, 3.8) is 0 Å². The van der Waals surface area contributed by atoms with Gasteiger partial charge in [-0.1, -0.05) is 36.2 Å². The lowest BCUT2D eigenvalue weighted by Crippen LogP contribution is -2.15. The van der Waals surface area contributed by atoms with E-state index in [1.165, 1.54) is 12.1 Å². The van der Waals surface area contributed by atoms with E-state index in [2.05, 4.69) is 14.9 Å². The molecule has 0 fully saturated rings. The lowest BCUT2D eigenvalue weighted by molar-refractivity contribution is 0.601. The smallest absolute Gasteiger partial charge is 0.263 e. The molecule has 0 bridgehead atoms. The van der Waals surface area contributed by atoms with Gasteiger partial charge >= 0.3 is 0 Å². The van der Waals surface area contributed by atoms with Gasteiger partial charge in [0.1, 0.15) is 10.7 Å². The number of anilines is 1. The van der Waals surface area contributed by atoms with E-state index < -0.39 is 10.0 Å². The first-order chi connectivity index (χ1) is 8.95. The first kappa shape index (κ1) is 14.2. The van der Waals surface area contributed by atoms with Gasteiger partial charge in [0.2, 0.25) is 0 Å². The summed E-state index contributed by atoms with van der Waals surface area (Å²) in [5, 5.41) is 6.53. The van der Waals surface area contributed by atoms with Gasteiger partial charge in [-0.15, -0.1) is 0 Å². The first-order valence-corrected chi connectivity index (χ1v) is 7.68. The number of H-pyrrole nitrogens is 1. The van der Waals surface area contributed by atoms with Crippen molar-refractivity contribution < 1.29 is 8.42 Å². The van der Waals surface area contributed by atoms with Crippen molar-refractivity contribution in [3.05, 3.63) is 40.0 Å².